The normalized spacial score (nSPS) is 28.8. The third kappa shape index (κ3) is 8.34. The van der Waals surface area contributed by atoms with Crippen LogP contribution in [0.15, 0.2) is 54.6 Å². The van der Waals surface area contributed by atoms with Crippen LogP contribution in [0, 0.1) is 17.8 Å². The first-order valence-corrected chi connectivity index (χ1v) is 21.7. The molecule has 8 rings (SSSR count). The zero-order valence-corrected chi connectivity index (χ0v) is 34.0. The monoisotopic (exact) mass is 831 g/mol. The van der Waals surface area contributed by atoms with Gasteiger partial charge in [0, 0.05) is 23.3 Å². The van der Waals surface area contributed by atoms with Crippen molar-refractivity contribution in [3.8, 4) is 34.4 Å². The summed E-state index contributed by atoms with van der Waals surface area (Å²) in [5.41, 5.74) is -0.283. The highest BCUT2D eigenvalue weighted by molar-refractivity contribution is 7.91. The Kier molecular flexibility index (Phi) is 10.8. The molecule has 16 nitrogen and oxygen atoms in total. The average Bonchev–Trinajstić information content (AvgIpc) is 4.14. The zero-order chi connectivity index (χ0) is 41.6. The number of amides is 4. The fourth-order valence-electron chi connectivity index (χ4n) is 8.56. The van der Waals surface area contributed by atoms with E-state index < -0.39 is 74.7 Å². The zero-order valence-electron chi connectivity index (χ0n) is 33.1. The molecule has 0 unspecified atom stereocenters. The summed E-state index contributed by atoms with van der Waals surface area (Å²) < 4.78 is 51.8. The second-order valence-electron chi connectivity index (χ2n) is 16.4. The van der Waals surface area contributed by atoms with Gasteiger partial charge in [-0.25, -0.2) is 18.2 Å². The molecule has 7 atom stereocenters. The number of nitrogens with one attached hydrogen (secondary N) is 3. The number of carbonyl (C=O) groups is 4. The summed E-state index contributed by atoms with van der Waals surface area (Å²) in [7, 11) is -2.37. The van der Waals surface area contributed by atoms with Gasteiger partial charge in [0.25, 0.3) is 5.91 Å². The van der Waals surface area contributed by atoms with Crippen molar-refractivity contribution in [2.75, 3.05) is 26.9 Å². The number of hydrogen-bond acceptors (Lipinski definition) is 11. The summed E-state index contributed by atoms with van der Waals surface area (Å²) in [5, 5.41) is 15.9. The number of ether oxygens (including phenoxy) is 4. The molecule has 17 heteroatoms. The van der Waals surface area contributed by atoms with Crippen LogP contribution < -0.4 is 34.3 Å². The molecule has 0 bridgehead atoms. The summed E-state index contributed by atoms with van der Waals surface area (Å²) in [4.78, 5) is 61.4. The number of aromatic nitrogens is 1. The van der Waals surface area contributed by atoms with Crippen molar-refractivity contribution in [3.63, 3.8) is 0 Å². The van der Waals surface area contributed by atoms with Gasteiger partial charge in [0.15, 0.2) is 11.5 Å². The van der Waals surface area contributed by atoms with Crippen molar-refractivity contribution in [2.45, 2.75) is 87.8 Å². The first kappa shape index (κ1) is 40.2. The molecule has 0 radical (unpaired) electrons. The van der Waals surface area contributed by atoms with E-state index >= 15 is 0 Å². The van der Waals surface area contributed by atoms with E-state index in [9.17, 15) is 32.7 Å². The van der Waals surface area contributed by atoms with Crippen molar-refractivity contribution in [1.29, 1.82) is 0 Å². The number of fused-ring (bicyclic) bond motifs is 4. The molecular formula is C42H49N5O11S. The van der Waals surface area contributed by atoms with E-state index in [4.69, 9.17) is 23.9 Å². The number of sulfonamides is 1. The first-order valence-electron chi connectivity index (χ1n) is 20.1. The summed E-state index contributed by atoms with van der Waals surface area (Å²) in [6.07, 6.45) is 4.51. The van der Waals surface area contributed by atoms with Gasteiger partial charge in [-0.1, -0.05) is 26.0 Å². The van der Waals surface area contributed by atoms with Crippen molar-refractivity contribution in [3.05, 3.63) is 54.6 Å². The molecule has 2 aromatic carbocycles. The van der Waals surface area contributed by atoms with Gasteiger partial charge in [-0.2, -0.15) is 0 Å². The molecule has 3 fully saturated rings. The summed E-state index contributed by atoms with van der Waals surface area (Å²) in [6.45, 7) is 4.58. The van der Waals surface area contributed by atoms with Crippen molar-refractivity contribution in [1.82, 2.24) is 25.2 Å². The Morgan fingerprint density at radius 3 is 2.54 bits per heavy atom. The van der Waals surface area contributed by atoms with Crippen LogP contribution in [0.5, 0.6) is 23.1 Å². The van der Waals surface area contributed by atoms with Crippen molar-refractivity contribution < 1.29 is 51.6 Å². The molecule has 4 N–H and O–H groups in total. The lowest BCUT2D eigenvalue weighted by Crippen LogP contribution is -2.59. The number of pyridine rings is 1. The van der Waals surface area contributed by atoms with E-state index in [1.807, 2.05) is 62.4 Å². The first-order chi connectivity index (χ1) is 28.2. The highest BCUT2D eigenvalue weighted by atomic mass is 32.2. The largest absolute Gasteiger partial charge is 0.497 e. The van der Waals surface area contributed by atoms with E-state index in [1.165, 1.54) is 4.90 Å². The lowest BCUT2D eigenvalue weighted by molar-refractivity contribution is -0.142. The topological polar surface area (TPSA) is 212 Å². The van der Waals surface area contributed by atoms with Crippen LogP contribution >= 0.6 is 0 Å². The molecule has 3 aliphatic heterocycles. The van der Waals surface area contributed by atoms with E-state index in [-0.39, 0.29) is 31.2 Å². The maximum absolute atomic E-state index is 14.6. The highest BCUT2D eigenvalue weighted by Crippen LogP contribution is 2.46. The van der Waals surface area contributed by atoms with Gasteiger partial charge < -0.3 is 39.6 Å². The fraction of sp³-hybridized carbons (Fsp3) is 0.500. The molecule has 4 amide bonds. The Bertz CT molecular complexity index is 2320. The third-order valence-corrected chi connectivity index (χ3v) is 13.8. The molecule has 2 saturated carbocycles. The van der Waals surface area contributed by atoms with E-state index in [1.54, 1.807) is 13.2 Å². The summed E-state index contributed by atoms with van der Waals surface area (Å²) >= 11 is 0. The van der Waals surface area contributed by atoms with Gasteiger partial charge in [-0.15, -0.1) is 0 Å². The maximum Gasteiger partial charge on any atom is 0.405 e. The Morgan fingerprint density at radius 2 is 1.80 bits per heavy atom. The molecule has 0 spiro atoms. The van der Waals surface area contributed by atoms with E-state index in [0.29, 0.717) is 67.2 Å². The van der Waals surface area contributed by atoms with Crippen LogP contribution in [-0.4, -0.2) is 103 Å². The molecule has 5 aliphatic rings. The number of benzene rings is 2. The number of rotatable bonds is 8. The summed E-state index contributed by atoms with van der Waals surface area (Å²) in [5.74, 6) is -0.901. The standard InChI is InChI=1S/C42H49N5O11S/c1-23-6-4-5-7-27-21-42(27,40(50)46-59(53,54)30-10-11-30)45-37(48)33-20-29(22-47(33)39(49)36(24(2)16-23)44-41(51)52)58-38-31-12-9-28(55-3)17-26(31)18-32(43-38)25-8-13-34-35(19-25)57-15-14-56-34/h5,7-9,12-13,17-19,23-24,27,29-30,33,36,44H,4,6,10-11,14-16,20-22H2,1-3H3,(H,45,48)(H,46,50)(H,51,52)/b7-5-/t23-,24-,27-,29-,33+,36+,42-/m1/s1. The molecule has 59 heavy (non-hydrogen) atoms. The number of nitrogens with zero attached hydrogens (tertiary/aromatic N) is 2. The van der Waals surface area contributed by atoms with Crippen molar-refractivity contribution in [2.24, 2.45) is 17.8 Å². The Labute approximate surface area is 342 Å². The van der Waals surface area contributed by atoms with Crippen molar-refractivity contribution >= 4 is 44.6 Å². The Balaban J connectivity index is 1.15. The quantitative estimate of drug-likeness (QED) is 0.236. The lowest BCUT2D eigenvalue weighted by Gasteiger charge is -2.32. The average molecular weight is 832 g/mol. The second kappa shape index (κ2) is 15.9. The minimum atomic E-state index is -3.93. The van der Waals surface area contributed by atoms with Gasteiger partial charge >= 0.3 is 6.09 Å². The Morgan fingerprint density at radius 1 is 1.02 bits per heavy atom. The predicted molar refractivity (Wildman–Crippen MR) is 215 cm³/mol. The minimum absolute atomic E-state index is 0.0334. The number of carbonyl (C=O) groups excluding carboxylic acids is 3. The van der Waals surface area contributed by atoms with Crippen LogP contribution in [0.1, 0.15) is 58.8 Å². The number of allylic oxidation sites excluding steroid dienone is 1. The van der Waals surface area contributed by atoms with E-state index in [2.05, 4.69) is 15.4 Å². The van der Waals surface area contributed by atoms with Crippen LogP contribution in [0.4, 0.5) is 4.79 Å². The molecule has 314 valence electrons. The molecule has 3 aromatic rings. The van der Waals surface area contributed by atoms with Crippen LogP contribution in [-0.2, 0) is 24.4 Å². The highest BCUT2D eigenvalue weighted by Gasteiger charge is 2.62. The molecule has 1 aromatic heterocycles. The fourth-order valence-corrected chi connectivity index (χ4v) is 9.92. The van der Waals surface area contributed by atoms with E-state index in [0.717, 1.165) is 17.4 Å². The molecule has 2 aliphatic carbocycles. The smallest absolute Gasteiger partial charge is 0.405 e. The van der Waals surface area contributed by atoms with Crippen LogP contribution in [0.2, 0.25) is 0 Å². The number of carboxylic acid groups (broad SMARTS) is 1. The van der Waals surface area contributed by atoms with Crippen LogP contribution in [0.25, 0.3) is 22.0 Å². The maximum atomic E-state index is 14.6. The van der Waals surface area contributed by atoms with Gasteiger partial charge in [0.05, 0.1) is 24.6 Å². The van der Waals surface area contributed by atoms with Crippen LogP contribution in [0.3, 0.4) is 0 Å². The minimum Gasteiger partial charge on any atom is -0.497 e. The third-order valence-electron chi connectivity index (χ3n) is 12.0. The lowest BCUT2D eigenvalue weighted by atomic mass is 9.88. The summed E-state index contributed by atoms with van der Waals surface area (Å²) in [6, 6.07) is 10.4. The van der Waals surface area contributed by atoms with Gasteiger partial charge in [0.2, 0.25) is 27.7 Å². The van der Waals surface area contributed by atoms with Gasteiger partial charge in [0.1, 0.15) is 42.7 Å². The van der Waals surface area contributed by atoms with Gasteiger partial charge in [-0.3, -0.25) is 19.1 Å². The SMILES string of the molecule is COc1ccc2c(O[C@@H]3C[C@H]4C(=O)N[C@]5(C(=O)NS(=O)(=O)C6CC6)C[C@H]5/C=C\CC[C@@H](C)C[C@@H](C)[C@H](NC(=O)O)C(=O)N4C3)nc(-c3ccc4c(c3)OCCO4)cc2c1. The number of methoxy groups -OCH3 is 1. The number of hydrogen-bond donors (Lipinski definition) is 4. The second-order valence-corrected chi connectivity index (χ2v) is 18.4. The predicted octanol–water partition coefficient (Wildman–Crippen LogP) is 4.16. The molecule has 1 saturated heterocycles. The Hall–Kier alpha value is -5.58. The van der Waals surface area contributed by atoms with Gasteiger partial charge in [-0.05, 0) is 98.2 Å². The molecule has 4 heterocycles. The molecular weight excluding hydrogens is 783 g/mol.